The number of hydrogen-bond acceptors (Lipinski definition) is 4. The number of aryl methyl sites for hydroxylation is 1. The Morgan fingerprint density at radius 3 is 2.83 bits per heavy atom. The quantitative estimate of drug-likeness (QED) is 0.716. The van der Waals surface area contributed by atoms with Gasteiger partial charge in [0.15, 0.2) is 0 Å². The molecule has 5 nitrogen and oxygen atoms in total. The molecule has 1 rings (SSSR count). The van der Waals surface area contributed by atoms with Gasteiger partial charge in [0, 0.05) is 11.1 Å². The Morgan fingerprint density at radius 2 is 2.42 bits per heavy atom. The molecule has 0 spiro atoms. The van der Waals surface area contributed by atoms with Crippen molar-refractivity contribution >= 4 is 21.5 Å². The Morgan fingerprint density at radius 1 is 1.75 bits per heavy atom. The zero-order chi connectivity index (χ0) is 9.19. The van der Waals surface area contributed by atoms with Crippen LogP contribution in [0.2, 0.25) is 0 Å². The number of rotatable bonds is 3. The van der Waals surface area contributed by atoms with E-state index in [1.54, 1.807) is 0 Å². The minimum Gasteiger partial charge on any atom is -0.245 e. The molecule has 0 aliphatic carbocycles. The summed E-state index contributed by atoms with van der Waals surface area (Å²) in [6.07, 6.45) is 0. The lowest BCUT2D eigenvalue weighted by atomic mass is 10.6. The summed E-state index contributed by atoms with van der Waals surface area (Å²) in [6, 6.07) is 0. The van der Waals surface area contributed by atoms with Crippen LogP contribution < -0.4 is 9.86 Å². The third-order valence-corrected chi connectivity index (χ3v) is 2.60. The van der Waals surface area contributed by atoms with Crippen molar-refractivity contribution in [3.8, 4) is 0 Å². The van der Waals surface area contributed by atoms with E-state index in [0.717, 1.165) is 5.69 Å². The zero-order valence-corrected chi connectivity index (χ0v) is 8.08. The second kappa shape index (κ2) is 3.48. The fraction of sp³-hybridized carbons (Fsp3) is 0.400. The van der Waals surface area contributed by atoms with Crippen LogP contribution in [0.3, 0.4) is 0 Å². The number of aromatic nitrogens is 1. The van der Waals surface area contributed by atoms with Crippen LogP contribution in [-0.2, 0) is 16.8 Å². The predicted octanol–water partition coefficient (Wildman–Crippen LogP) is -0.255. The molecule has 68 valence electrons. The van der Waals surface area contributed by atoms with Gasteiger partial charge in [-0.15, -0.1) is 11.3 Å². The smallest absolute Gasteiger partial charge is 0.245 e. The maximum Gasteiger partial charge on any atom is 0.274 e. The molecule has 0 aromatic carbocycles. The Kier molecular flexibility index (Phi) is 2.78. The SMILES string of the molecule is Cc1csc(CNS(N)(=O)=O)n1. The Hall–Kier alpha value is -0.500. The summed E-state index contributed by atoms with van der Waals surface area (Å²) in [4.78, 5) is 4.05. The molecule has 0 aliphatic rings. The fourth-order valence-electron chi connectivity index (χ4n) is 0.646. The molecule has 0 bridgehead atoms. The molecule has 0 atom stereocenters. The van der Waals surface area contributed by atoms with Crippen molar-refractivity contribution in [1.82, 2.24) is 9.71 Å². The summed E-state index contributed by atoms with van der Waals surface area (Å²) in [5, 5.41) is 7.29. The summed E-state index contributed by atoms with van der Waals surface area (Å²) in [7, 11) is -3.60. The summed E-state index contributed by atoms with van der Waals surface area (Å²) >= 11 is 1.40. The first-order chi connectivity index (χ1) is 5.47. The van der Waals surface area contributed by atoms with Gasteiger partial charge in [0.2, 0.25) is 0 Å². The van der Waals surface area contributed by atoms with Crippen molar-refractivity contribution in [2.24, 2.45) is 5.14 Å². The van der Waals surface area contributed by atoms with Crippen molar-refractivity contribution in [3.05, 3.63) is 16.1 Å². The van der Waals surface area contributed by atoms with E-state index in [0.29, 0.717) is 5.01 Å². The third kappa shape index (κ3) is 3.26. The molecule has 3 N–H and O–H groups in total. The van der Waals surface area contributed by atoms with Gasteiger partial charge in [-0.1, -0.05) is 0 Å². The molecule has 0 saturated heterocycles. The maximum atomic E-state index is 10.5. The van der Waals surface area contributed by atoms with Crippen LogP contribution in [0.1, 0.15) is 10.7 Å². The normalized spacial score (nSPS) is 11.8. The van der Waals surface area contributed by atoms with Gasteiger partial charge < -0.3 is 0 Å². The van der Waals surface area contributed by atoms with Gasteiger partial charge >= 0.3 is 0 Å². The van der Waals surface area contributed by atoms with E-state index >= 15 is 0 Å². The molecule has 0 fully saturated rings. The molecule has 0 aliphatic heterocycles. The molecule has 0 amide bonds. The van der Waals surface area contributed by atoms with Crippen molar-refractivity contribution < 1.29 is 8.42 Å². The molecule has 0 unspecified atom stereocenters. The van der Waals surface area contributed by atoms with Gasteiger partial charge in [-0.2, -0.15) is 13.1 Å². The van der Waals surface area contributed by atoms with E-state index in [-0.39, 0.29) is 6.54 Å². The number of nitrogens with one attached hydrogen (secondary N) is 1. The number of thiazole rings is 1. The second-order valence-electron chi connectivity index (χ2n) is 2.25. The maximum absolute atomic E-state index is 10.5. The molecule has 12 heavy (non-hydrogen) atoms. The number of nitrogens with two attached hydrogens (primary N) is 1. The van der Waals surface area contributed by atoms with Crippen LogP contribution in [0.25, 0.3) is 0 Å². The lowest BCUT2D eigenvalue weighted by Crippen LogP contribution is -2.30. The van der Waals surface area contributed by atoms with E-state index < -0.39 is 10.2 Å². The highest BCUT2D eigenvalue weighted by molar-refractivity contribution is 7.87. The Bertz CT molecular complexity index is 357. The molecule has 7 heteroatoms. The average Bonchev–Trinajstić information content (AvgIpc) is 2.30. The summed E-state index contributed by atoms with van der Waals surface area (Å²) in [5.41, 5.74) is 0.881. The van der Waals surface area contributed by atoms with Gasteiger partial charge in [-0.25, -0.2) is 10.1 Å². The third-order valence-electron chi connectivity index (χ3n) is 1.09. The highest BCUT2D eigenvalue weighted by Gasteiger charge is 2.03. The van der Waals surface area contributed by atoms with Crippen molar-refractivity contribution in [2.75, 3.05) is 0 Å². The topological polar surface area (TPSA) is 85.1 Å². The summed E-state index contributed by atoms with van der Waals surface area (Å²) in [5.74, 6) is 0. The molecular formula is C5H9N3O2S2. The highest BCUT2D eigenvalue weighted by Crippen LogP contribution is 2.07. The van der Waals surface area contributed by atoms with Crippen molar-refractivity contribution in [2.45, 2.75) is 13.5 Å². The molecule has 1 aromatic rings. The standard InChI is InChI=1S/C5H9N3O2S2/c1-4-3-11-5(8-4)2-7-12(6,9)10/h3,7H,2H2,1H3,(H2,6,9,10). The van der Waals surface area contributed by atoms with Crippen LogP contribution in [0.5, 0.6) is 0 Å². The van der Waals surface area contributed by atoms with Crippen LogP contribution in [0.4, 0.5) is 0 Å². The summed E-state index contributed by atoms with van der Waals surface area (Å²) in [6.45, 7) is 2.01. The monoisotopic (exact) mass is 207 g/mol. The average molecular weight is 207 g/mol. The molecule has 0 saturated carbocycles. The van der Waals surface area contributed by atoms with Gasteiger partial charge in [-0.3, -0.25) is 0 Å². The van der Waals surface area contributed by atoms with Crippen LogP contribution in [-0.4, -0.2) is 13.4 Å². The first-order valence-corrected chi connectivity index (χ1v) is 5.58. The Balaban J connectivity index is 2.55. The summed E-state index contributed by atoms with van der Waals surface area (Å²) < 4.78 is 23.1. The van der Waals surface area contributed by atoms with E-state index in [4.69, 9.17) is 5.14 Å². The predicted molar refractivity (Wildman–Crippen MR) is 46.8 cm³/mol. The van der Waals surface area contributed by atoms with E-state index in [9.17, 15) is 8.42 Å². The van der Waals surface area contributed by atoms with Gasteiger partial charge in [0.1, 0.15) is 5.01 Å². The Labute approximate surface area is 74.8 Å². The fourth-order valence-corrected chi connectivity index (χ4v) is 1.79. The minimum absolute atomic E-state index is 0.164. The first-order valence-electron chi connectivity index (χ1n) is 3.16. The van der Waals surface area contributed by atoms with E-state index in [1.807, 2.05) is 12.3 Å². The number of nitrogens with zero attached hydrogens (tertiary/aromatic N) is 1. The molecule has 0 radical (unpaired) electrons. The lowest BCUT2D eigenvalue weighted by Gasteiger charge is -1.96. The lowest BCUT2D eigenvalue weighted by molar-refractivity contribution is 0.583. The van der Waals surface area contributed by atoms with Crippen LogP contribution >= 0.6 is 11.3 Å². The van der Waals surface area contributed by atoms with E-state index in [2.05, 4.69) is 9.71 Å². The second-order valence-corrected chi connectivity index (χ2v) is 4.57. The molecule has 1 heterocycles. The largest absolute Gasteiger partial charge is 0.274 e. The van der Waals surface area contributed by atoms with Gasteiger partial charge in [0.05, 0.1) is 6.54 Å². The first kappa shape index (κ1) is 9.59. The molecule has 1 aromatic heterocycles. The van der Waals surface area contributed by atoms with E-state index in [1.165, 1.54) is 11.3 Å². The molecular weight excluding hydrogens is 198 g/mol. The van der Waals surface area contributed by atoms with Crippen LogP contribution in [0, 0.1) is 6.92 Å². The van der Waals surface area contributed by atoms with Gasteiger partial charge in [0.25, 0.3) is 10.2 Å². The number of hydrogen-bond donors (Lipinski definition) is 2. The minimum atomic E-state index is -3.60. The highest BCUT2D eigenvalue weighted by atomic mass is 32.2. The van der Waals surface area contributed by atoms with Crippen molar-refractivity contribution in [1.29, 1.82) is 0 Å². The van der Waals surface area contributed by atoms with Crippen LogP contribution in [0.15, 0.2) is 5.38 Å². The van der Waals surface area contributed by atoms with Gasteiger partial charge in [-0.05, 0) is 6.92 Å². The zero-order valence-electron chi connectivity index (χ0n) is 6.44. The van der Waals surface area contributed by atoms with Crippen molar-refractivity contribution in [3.63, 3.8) is 0 Å².